The van der Waals surface area contributed by atoms with Crippen molar-refractivity contribution in [3.8, 4) is 5.75 Å². The molecule has 1 aliphatic rings. The van der Waals surface area contributed by atoms with E-state index in [1.54, 1.807) is 7.11 Å². The van der Waals surface area contributed by atoms with Gasteiger partial charge >= 0.3 is 0 Å². The smallest absolute Gasteiger partial charge is 0.212 e. The van der Waals surface area contributed by atoms with Gasteiger partial charge in [-0.3, -0.25) is 0 Å². The molecule has 0 saturated carbocycles. The van der Waals surface area contributed by atoms with E-state index in [2.05, 4.69) is 9.71 Å². The minimum Gasteiger partial charge on any atom is -0.497 e. The lowest BCUT2D eigenvalue weighted by Crippen LogP contribution is -2.40. The molecule has 0 aliphatic heterocycles. The number of aryl methyl sites for hydroxylation is 2. The molecule has 27 heavy (non-hydrogen) atoms. The second-order valence-electron chi connectivity index (χ2n) is 7.11. The summed E-state index contributed by atoms with van der Waals surface area (Å²) in [6, 6.07) is 15.6. The van der Waals surface area contributed by atoms with Crippen molar-refractivity contribution in [3.05, 3.63) is 65.4 Å². The number of aromatic nitrogens is 1. The van der Waals surface area contributed by atoms with Gasteiger partial charge in [-0.15, -0.1) is 0 Å². The molecular formula is C21H24N2O3S. The number of aromatic amines is 1. The Bertz CT molecular complexity index is 1040. The number of benzene rings is 2. The first-order valence-electron chi connectivity index (χ1n) is 9.25. The Morgan fingerprint density at radius 3 is 2.78 bits per heavy atom. The van der Waals surface area contributed by atoms with Crippen LogP contribution in [0.3, 0.4) is 0 Å². The Kier molecular flexibility index (Phi) is 4.93. The largest absolute Gasteiger partial charge is 0.497 e. The van der Waals surface area contributed by atoms with Crippen LogP contribution in [0.2, 0.25) is 0 Å². The van der Waals surface area contributed by atoms with Crippen molar-refractivity contribution in [1.82, 2.24) is 9.71 Å². The lowest BCUT2D eigenvalue weighted by molar-refractivity contribution is 0.415. The monoisotopic (exact) mass is 384 g/mol. The Balaban J connectivity index is 1.47. The summed E-state index contributed by atoms with van der Waals surface area (Å²) in [6.07, 6.45) is 2.88. The first-order valence-corrected chi connectivity index (χ1v) is 10.9. The molecule has 1 aromatic heterocycles. The minimum absolute atomic E-state index is 0.0662. The number of ether oxygens (including phenoxy) is 1. The molecule has 2 aromatic carbocycles. The normalized spacial score (nSPS) is 17.0. The van der Waals surface area contributed by atoms with E-state index < -0.39 is 10.0 Å². The Hall–Kier alpha value is -2.31. The molecule has 3 aromatic rings. The SMILES string of the molecule is COc1ccc2[nH]c3c(c2c1)CC(NS(=O)(=O)CCc1ccccc1)CC3. The topological polar surface area (TPSA) is 71.2 Å². The predicted molar refractivity (Wildman–Crippen MR) is 108 cm³/mol. The fourth-order valence-electron chi connectivity index (χ4n) is 3.83. The average Bonchev–Trinajstić information content (AvgIpc) is 3.04. The molecule has 6 heteroatoms. The molecule has 1 atom stereocenters. The number of fused-ring (bicyclic) bond motifs is 3. The van der Waals surface area contributed by atoms with Crippen LogP contribution < -0.4 is 9.46 Å². The molecule has 1 aliphatic carbocycles. The number of H-pyrrole nitrogens is 1. The zero-order valence-corrected chi connectivity index (χ0v) is 16.2. The van der Waals surface area contributed by atoms with Gasteiger partial charge in [0.05, 0.1) is 12.9 Å². The number of methoxy groups -OCH3 is 1. The lowest BCUT2D eigenvalue weighted by Gasteiger charge is -2.23. The van der Waals surface area contributed by atoms with E-state index in [1.807, 2.05) is 48.5 Å². The molecule has 2 N–H and O–H groups in total. The molecular weight excluding hydrogens is 360 g/mol. The summed E-state index contributed by atoms with van der Waals surface area (Å²) in [5.41, 5.74) is 4.52. The van der Waals surface area contributed by atoms with E-state index in [4.69, 9.17) is 4.74 Å². The Morgan fingerprint density at radius 2 is 2.00 bits per heavy atom. The summed E-state index contributed by atoms with van der Waals surface area (Å²) in [7, 11) is -1.66. The Morgan fingerprint density at radius 1 is 1.19 bits per heavy atom. The predicted octanol–water partition coefficient (Wildman–Crippen LogP) is 3.20. The summed E-state index contributed by atoms with van der Waals surface area (Å²) in [5, 5.41) is 1.12. The van der Waals surface area contributed by atoms with Crippen LogP contribution in [0.5, 0.6) is 5.75 Å². The summed E-state index contributed by atoms with van der Waals surface area (Å²) in [5.74, 6) is 0.928. The van der Waals surface area contributed by atoms with Crippen molar-refractivity contribution in [2.45, 2.75) is 31.7 Å². The fourth-order valence-corrected chi connectivity index (χ4v) is 5.16. The first kappa shape index (κ1) is 18.1. The van der Waals surface area contributed by atoms with Crippen LogP contribution in [-0.4, -0.2) is 32.3 Å². The number of hydrogen-bond acceptors (Lipinski definition) is 3. The maximum Gasteiger partial charge on any atom is 0.212 e. The second kappa shape index (κ2) is 7.37. The standard InChI is InChI=1S/C21H24N2O3S/c1-26-17-8-10-21-19(14-17)18-13-16(7-9-20(18)22-21)23-27(24,25)12-11-15-5-3-2-4-6-15/h2-6,8,10,14,16,22-23H,7,9,11-13H2,1H3. The fraction of sp³-hybridized carbons (Fsp3) is 0.333. The van der Waals surface area contributed by atoms with Gasteiger partial charge in [0.2, 0.25) is 10.0 Å². The van der Waals surface area contributed by atoms with Crippen molar-refractivity contribution >= 4 is 20.9 Å². The average molecular weight is 385 g/mol. The van der Waals surface area contributed by atoms with Gasteiger partial charge < -0.3 is 9.72 Å². The van der Waals surface area contributed by atoms with Gasteiger partial charge in [-0.2, -0.15) is 0 Å². The van der Waals surface area contributed by atoms with E-state index in [9.17, 15) is 8.42 Å². The third kappa shape index (κ3) is 4.01. The van der Waals surface area contributed by atoms with Crippen molar-refractivity contribution in [1.29, 1.82) is 0 Å². The van der Waals surface area contributed by atoms with Crippen LogP contribution in [-0.2, 0) is 29.3 Å². The van der Waals surface area contributed by atoms with Crippen LogP contribution >= 0.6 is 0 Å². The van der Waals surface area contributed by atoms with Crippen LogP contribution in [0.1, 0.15) is 23.2 Å². The van der Waals surface area contributed by atoms with E-state index in [1.165, 1.54) is 11.3 Å². The van der Waals surface area contributed by atoms with Gasteiger partial charge in [0.1, 0.15) is 5.75 Å². The third-order valence-corrected chi connectivity index (χ3v) is 6.68. The van der Waals surface area contributed by atoms with Gasteiger partial charge in [0.25, 0.3) is 0 Å². The van der Waals surface area contributed by atoms with Gasteiger partial charge in [-0.05, 0) is 55.0 Å². The summed E-state index contributed by atoms with van der Waals surface area (Å²) < 4.78 is 33.4. The molecule has 142 valence electrons. The molecule has 0 bridgehead atoms. The third-order valence-electron chi connectivity index (χ3n) is 5.24. The molecule has 0 amide bonds. The molecule has 0 fully saturated rings. The van der Waals surface area contributed by atoms with Crippen LogP contribution in [0.25, 0.3) is 10.9 Å². The lowest BCUT2D eigenvalue weighted by atomic mass is 9.92. The Labute approximate surface area is 159 Å². The number of hydrogen-bond donors (Lipinski definition) is 2. The number of rotatable bonds is 6. The second-order valence-corrected chi connectivity index (χ2v) is 8.98. The maximum atomic E-state index is 12.5. The van der Waals surface area contributed by atoms with Crippen LogP contribution in [0.4, 0.5) is 0 Å². The highest BCUT2D eigenvalue weighted by Gasteiger charge is 2.26. The highest BCUT2D eigenvalue weighted by molar-refractivity contribution is 7.89. The van der Waals surface area contributed by atoms with E-state index in [-0.39, 0.29) is 11.8 Å². The van der Waals surface area contributed by atoms with Crippen molar-refractivity contribution in [2.75, 3.05) is 12.9 Å². The molecule has 0 radical (unpaired) electrons. The number of nitrogens with one attached hydrogen (secondary N) is 2. The van der Waals surface area contributed by atoms with Gasteiger partial charge in [0, 0.05) is 22.6 Å². The number of sulfonamides is 1. The summed E-state index contributed by atoms with van der Waals surface area (Å²) in [4.78, 5) is 3.46. The zero-order valence-electron chi connectivity index (χ0n) is 15.4. The molecule has 4 rings (SSSR count). The summed E-state index contributed by atoms with van der Waals surface area (Å²) in [6.45, 7) is 0. The van der Waals surface area contributed by atoms with Gasteiger partial charge in [-0.1, -0.05) is 30.3 Å². The van der Waals surface area contributed by atoms with Crippen LogP contribution in [0, 0.1) is 0 Å². The maximum absolute atomic E-state index is 12.5. The molecule has 0 spiro atoms. The van der Waals surface area contributed by atoms with Crippen LogP contribution in [0.15, 0.2) is 48.5 Å². The van der Waals surface area contributed by atoms with Crippen molar-refractivity contribution in [3.63, 3.8) is 0 Å². The van der Waals surface area contributed by atoms with E-state index in [0.29, 0.717) is 12.8 Å². The first-order chi connectivity index (χ1) is 13.0. The van der Waals surface area contributed by atoms with Gasteiger partial charge in [0.15, 0.2) is 0 Å². The minimum atomic E-state index is -3.32. The highest BCUT2D eigenvalue weighted by atomic mass is 32.2. The quantitative estimate of drug-likeness (QED) is 0.686. The molecule has 5 nitrogen and oxygen atoms in total. The van der Waals surface area contributed by atoms with Crippen molar-refractivity contribution in [2.24, 2.45) is 0 Å². The van der Waals surface area contributed by atoms with Crippen molar-refractivity contribution < 1.29 is 13.2 Å². The molecule has 1 heterocycles. The molecule has 1 unspecified atom stereocenters. The van der Waals surface area contributed by atoms with E-state index >= 15 is 0 Å². The van der Waals surface area contributed by atoms with E-state index in [0.717, 1.165) is 35.1 Å². The molecule has 0 saturated heterocycles. The highest BCUT2D eigenvalue weighted by Crippen LogP contribution is 2.31. The zero-order chi connectivity index (χ0) is 18.9. The van der Waals surface area contributed by atoms with Gasteiger partial charge in [-0.25, -0.2) is 13.1 Å². The summed E-state index contributed by atoms with van der Waals surface area (Å²) >= 11 is 0.